The number of aryl methyl sites for hydroxylation is 1. The number of nitrogens with one attached hydrogen (secondary N) is 1. The Morgan fingerprint density at radius 3 is 2.33 bits per heavy atom. The number of fused-ring (bicyclic) bond motifs is 2. The summed E-state index contributed by atoms with van der Waals surface area (Å²) in [6.07, 6.45) is 0. The molecule has 0 aliphatic rings. The van der Waals surface area contributed by atoms with Gasteiger partial charge in [-0.25, -0.2) is 0 Å². The molecule has 1 heterocycles. The quantitative estimate of drug-likeness (QED) is 0.445. The molecule has 0 amide bonds. The summed E-state index contributed by atoms with van der Waals surface area (Å²) in [7, 11) is 0. The lowest BCUT2D eigenvalue weighted by molar-refractivity contribution is 0.103. The van der Waals surface area contributed by atoms with Crippen molar-refractivity contribution in [3.05, 3.63) is 93.6 Å². The number of para-hydroxylation sites is 1. The maximum atomic E-state index is 12.8. The lowest BCUT2D eigenvalue weighted by atomic mass is 9.96. The molecule has 3 nitrogen and oxygen atoms in total. The number of aromatic amines is 1. The molecule has 1 N–H and O–H groups in total. The van der Waals surface area contributed by atoms with Crippen molar-refractivity contribution in [2.45, 2.75) is 6.92 Å². The number of aromatic nitrogens is 1. The molecule has 0 atom stereocenters. The van der Waals surface area contributed by atoms with Crippen molar-refractivity contribution in [3.63, 3.8) is 0 Å². The summed E-state index contributed by atoms with van der Waals surface area (Å²) >= 11 is 0. The van der Waals surface area contributed by atoms with Gasteiger partial charge in [0.1, 0.15) is 0 Å². The average Bonchev–Trinajstić information content (AvgIpc) is 2.62. The maximum Gasteiger partial charge on any atom is 0.197 e. The van der Waals surface area contributed by atoms with Gasteiger partial charge in [0, 0.05) is 27.4 Å². The van der Waals surface area contributed by atoms with Crippen LogP contribution >= 0.6 is 0 Å². The molecule has 0 spiro atoms. The Morgan fingerprint density at radius 1 is 0.833 bits per heavy atom. The van der Waals surface area contributed by atoms with Gasteiger partial charge in [-0.3, -0.25) is 9.59 Å². The first-order valence-corrected chi connectivity index (χ1v) is 7.80. The number of rotatable bonds is 2. The largest absolute Gasteiger partial charge is 0.354 e. The van der Waals surface area contributed by atoms with Crippen molar-refractivity contribution in [1.82, 2.24) is 4.98 Å². The van der Waals surface area contributed by atoms with Crippen LogP contribution in [0.5, 0.6) is 0 Å². The summed E-state index contributed by atoms with van der Waals surface area (Å²) in [6, 6.07) is 20.2. The van der Waals surface area contributed by atoms with Crippen LogP contribution in [0.2, 0.25) is 0 Å². The standard InChI is InChI=1S/C21H15NO2/c1-13-11-17-19(22-18-10-6-5-9-15(18)21(17)24)12-16(13)20(23)14-7-3-2-4-8-14/h2-12H,1H3,(H,22,24). The van der Waals surface area contributed by atoms with E-state index in [0.717, 1.165) is 11.1 Å². The van der Waals surface area contributed by atoms with Gasteiger partial charge in [-0.05, 0) is 36.8 Å². The predicted octanol–water partition coefficient (Wildman–Crippen LogP) is 4.22. The first kappa shape index (κ1) is 14.4. The normalized spacial score (nSPS) is 11.0. The van der Waals surface area contributed by atoms with Gasteiger partial charge in [0.05, 0.1) is 5.52 Å². The SMILES string of the molecule is Cc1cc2c(=O)c3ccccc3[nH]c2cc1C(=O)c1ccccc1. The van der Waals surface area contributed by atoms with Crippen molar-refractivity contribution in [1.29, 1.82) is 0 Å². The molecule has 0 bridgehead atoms. The molecular formula is C21H15NO2. The Hall–Kier alpha value is -3.20. The zero-order chi connectivity index (χ0) is 16.7. The van der Waals surface area contributed by atoms with Gasteiger partial charge in [-0.15, -0.1) is 0 Å². The van der Waals surface area contributed by atoms with Crippen molar-refractivity contribution < 1.29 is 4.79 Å². The highest BCUT2D eigenvalue weighted by Crippen LogP contribution is 2.21. The highest BCUT2D eigenvalue weighted by molar-refractivity contribution is 6.11. The van der Waals surface area contributed by atoms with Crippen LogP contribution in [0.1, 0.15) is 21.5 Å². The first-order chi connectivity index (χ1) is 11.6. The molecule has 0 aliphatic heterocycles. The second-order valence-corrected chi connectivity index (χ2v) is 5.91. The lowest BCUT2D eigenvalue weighted by Crippen LogP contribution is -2.08. The molecule has 0 aliphatic carbocycles. The van der Waals surface area contributed by atoms with Gasteiger partial charge < -0.3 is 4.98 Å². The molecule has 0 unspecified atom stereocenters. The Kier molecular flexibility index (Phi) is 3.28. The van der Waals surface area contributed by atoms with Crippen LogP contribution in [0.3, 0.4) is 0 Å². The smallest absolute Gasteiger partial charge is 0.197 e. The van der Waals surface area contributed by atoms with E-state index in [-0.39, 0.29) is 11.2 Å². The third-order valence-corrected chi connectivity index (χ3v) is 4.33. The van der Waals surface area contributed by atoms with Gasteiger partial charge in [-0.1, -0.05) is 42.5 Å². The Balaban J connectivity index is 1.99. The van der Waals surface area contributed by atoms with E-state index in [1.807, 2.05) is 49.4 Å². The van der Waals surface area contributed by atoms with E-state index in [1.54, 1.807) is 24.3 Å². The van der Waals surface area contributed by atoms with E-state index in [9.17, 15) is 9.59 Å². The average molecular weight is 313 g/mol. The second kappa shape index (κ2) is 5.46. The highest BCUT2D eigenvalue weighted by atomic mass is 16.1. The molecule has 0 saturated carbocycles. The third-order valence-electron chi connectivity index (χ3n) is 4.33. The van der Waals surface area contributed by atoms with Crippen molar-refractivity contribution >= 4 is 27.6 Å². The van der Waals surface area contributed by atoms with Crippen LogP contribution in [0.15, 0.2) is 71.5 Å². The Morgan fingerprint density at radius 2 is 1.54 bits per heavy atom. The third kappa shape index (κ3) is 2.22. The molecule has 24 heavy (non-hydrogen) atoms. The molecule has 4 rings (SSSR count). The van der Waals surface area contributed by atoms with Gasteiger partial charge in [-0.2, -0.15) is 0 Å². The maximum absolute atomic E-state index is 12.8. The van der Waals surface area contributed by atoms with E-state index < -0.39 is 0 Å². The van der Waals surface area contributed by atoms with Gasteiger partial charge in [0.15, 0.2) is 11.2 Å². The molecule has 0 fully saturated rings. The number of carbonyl (C=O) groups is 1. The minimum Gasteiger partial charge on any atom is -0.354 e. The summed E-state index contributed by atoms with van der Waals surface area (Å²) in [6.45, 7) is 1.87. The fourth-order valence-corrected chi connectivity index (χ4v) is 3.07. The summed E-state index contributed by atoms with van der Waals surface area (Å²) < 4.78 is 0. The summed E-state index contributed by atoms with van der Waals surface area (Å²) in [5, 5.41) is 1.27. The fourth-order valence-electron chi connectivity index (χ4n) is 3.07. The number of hydrogen-bond donors (Lipinski definition) is 1. The van der Waals surface area contributed by atoms with Gasteiger partial charge in [0.2, 0.25) is 0 Å². The van der Waals surface area contributed by atoms with Crippen LogP contribution in [0, 0.1) is 6.92 Å². The van der Waals surface area contributed by atoms with Crippen molar-refractivity contribution in [2.24, 2.45) is 0 Å². The first-order valence-electron chi connectivity index (χ1n) is 7.80. The van der Waals surface area contributed by atoms with Crippen molar-refractivity contribution in [3.8, 4) is 0 Å². The number of pyridine rings is 1. The molecular weight excluding hydrogens is 298 g/mol. The molecule has 0 saturated heterocycles. The minimum absolute atomic E-state index is 0.0128. The Labute approximate surface area is 138 Å². The van der Waals surface area contributed by atoms with Gasteiger partial charge in [0.25, 0.3) is 0 Å². The molecule has 3 aromatic carbocycles. The minimum atomic E-state index is -0.0380. The molecule has 4 aromatic rings. The number of benzene rings is 3. The summed E-state index contributed by atoms with van der Waals surface area (Å²) in [4.78, 5) is 28.7. The van der Waals surface area contributed by atoms with Gasteiger partial charge >= 0.3 is 0 Å². The zero-order valence-corrected chi connectivity index (χ0v) is 13.2. The number of H-pyrrole nitrogens is 1. The zero-order valence-electron chi connectivity index (χ0n) is 13.2. The van der Waals surface area contributed by atoms with Crippen LogP contribution in [0.4, 0.5) is 0 Å². The van der Waals surface area contributed by atoms with E-state index in [0.29, 0.717) is 27.4 Å². The van der Waals surface area contributed by atoms with E-state index in [4.69, 9.17) is 0 Å². The fraction of sp³-hybridized carbons (Fsp3) is 0.0476. The van der Waals surface area contributed by atoms with E-state index >= 15 is 0 Å². The number of carbonyl (C=O) groups excluding carboxylic acids is 1. The van der Waals surface area contributed by atoms with Crippen LogP contribution in [0.25, 0.3) is 21.8 Å². The van der Waals surface area contributed by atoms with E-state index in [2.05, 4.69) is 4.98 Å². The number of hydrogen-bond acceptors (Lipinski definition) is 2. The summed E-state index contributed by atoms with van der Waals surface area (Å²) in [5.41, 5.74) is 3.50. The molecule has 0 radical (unpaired) electrons. The van der Waals surface area contributed by atoms with E-state index in [1.165, 1.54) is 0 Å². The lowest BCUT2D eigenvalue weighted by Gasteiger charge is -2.09. The monoisotopic (exact) mass is 313 g/mol. The highest BCUT2D eigenvalue weighted by Gasteiger charge is 2.14. The predicted molar refractivity (Wildman–Crippen MR) is 96.7 cm³/mol. The molecule has 3 heteroatoms. The summed E-state index contributed by atoms with van der Waals surface area (Å²) in [5.74, 6) is -0.0380. The topological polar surface area (TPSA) is 49.9 Å². The second-order valence-electron chi connectivity index (χ2n) is 5.91. The van der Waals surface area contributed by atoms with Crippen LogP contribution in [-0.4, -0.2) is 10.8 Å². The van der Waals surface area contributed by atoms with Crippen LogP contribution in [-0.2, 0) is 0 Å². The molecule has 116 valence electrons. The Bertz CT molecular complexity index is 1140. The molecule has 1 aromatic heterocycles. The van der Waals surface area contributed by atoms with Crippen LogP contribution < -0.4 is 5.43 Å². The van der Waals surface area contributed by atoms with Crippen molar-refractivity contribution in [2.75, 3.05) is 0 Å². The number of ketones is 1.